The SMILES string of the molecule is CC(CN(C)CC(C)(C)O)C(=O)O. The summed E-state index contributed by atoms with van der Waals surface area (Å²) in [5, 5.41) is 18.1. The predicted octanol–water partition coefficient (Wildman–Crippen LogP) is 0.410. The van der Waals surface area contributed by atoms with Crippen LogP contribution in [0, 0.1) is 5.92 Å². The van der Waals surface area contributed by atoms with E-state index in [9.17, 15) is 9.90 Å². The van der Waals surface area contributed by atoms with Crippen LogP contribution in [-0.2, 0) is 4.79 Å². The zero-order chi connectivity index (χ0) is 10.6. The van der Waals surface area contributed by atoms with Gasteiger partial charge in [0.05, 0.1) is 11.5 Å². The van der Waals surface area contributed by atoms with Gasteiger partial charge >= 0.3 is 5.97 Å². The molecule has 0 saturated heterocycles. The molecular formula is C9H19NO3. The van der Waals surface area contributed by atoms with Crippen LogP contribution < -0.4 is 0 Å². The minimum atomic E-state index is -0.803. The Morgan fingerprint density at radius 1 is 1.54 bits per heavy atom. The molecule has 13 heavy (non-hydrogen) atoms. The summed E-state index contributed by atoms with van der Waals surface area (Å²) in [6.45, 7) is 6.00. The van der Waals surface area contributed by atoms with Crippen molar-refractivity contribution in [2.75, 3.05) is 20.1 Å². The maximum atomic E-state index is 10.5. The highest BCUT2D eigenvalue weighted by atomic mass is 16.4. The molecule has 0 saturated carbocycles. The van der Waals surface area contributed by atoms with Crippen LogP contribution in [0.4, 0.5) is 0 Å². The van der Waals surface area contributed by atoms with E-state index in [0.29, 0.717) is 13.1 Å². The van der Waals surface area contributed by atoms with Gasteiger partial charge in [0.1, 0.15) is 0 Å². The van der Waals surface area contributed by atoms with Crippen LogP contribution in [-0.4, -0.2) is 46.8 Å². The monoisotopic (exact) mass is 189 g/mol. The normalized spacial score (nSPS) is 14.6. The molecule has 0 bridgehead atoms. The second-order valence-electron chi connectivity index (χ2n) is 4.25. The molecule has 0 heterocycles. The Hall–Kier alpha value is -0.610. The van der Waals surface area contributed by atoms with Crippen LogP contribution >= 0.6 is 0 Å². The molecule has 0 rings (SSSR count). The van der Waals surface area contributed by atoms with E-state index in [2.05, 4.69) is 0 Å². The Morgan fingerprint density at radius 3 is 2.31 bits per heavy atom. The van der Waals surface area contributed by atoms with Gasteiger partial charge in [-0.25, -0.2) is 0 Å². The van der Waals surface area contributed by atoms with E-state index in [-0.39, 0.29) is 0 Å². The fraction of sp³-hybridized carbons (Fsp3) is 0.889. The van der Waals surface area contributed by atoms with Gasteiger partial charge in [-0.2, -0.15) is 0 Å². The lowest BCUT2D eigenvalue weighted by atomic mass is 10.1. The topological polar surface area (TPSA) is 60.8 Å². The van der Waals surface area contributed by atoms with E-state index in [0.717, 1.165) is 0 Å². The smallest absolute Gasteiger partial charge is 0.307 e. The summed E-state index contributed by atoms with van der Waals surface area (Å²) in [4.78, 5) is 12.3. The van der Waals surface area contributed by atoms with E-state index in [1.807, 2.05) is 4.90 Å². The lowest BCUT2D eigenvalue weighted by Crippen LogP contribution is -2.39. The Bertz CT molecular complexity index is 174. The number of rotatable bonds is 5. The van der Waals surface area contributed by atoms with E-state index >= 15 is 0 Å². The number of carboxylic acid groups (broad SMARTS) is 1. The zero-order valence-electron chi connectivity index (χ0n) is 8.74. The maximum absolute atomic E-state index is 10.5. The van der Waals surface area contributed by atoms with Gasteiger partial charge in [0.25, 0.3) is 0 Å². The van der Waals surface area contributed by atoms with Crippen LogP contribution in [0.5, 0.6) is 0 Å². The summed E-state index contributed by atoms with van der Waals surface area (Å²) < 4.78 is 0. The third-order valence-corrected chi connectivity index (χ3v) is 1.66. The van der Waals surface area contributed by atoms with Crippen molar-refractivity contribution in [2.45, 2.75) is 26.4 Å². The number of carbonyl (C=O) groups is 1. The van der Waals surface area contributed by atoms with Gasteiger partial charge in [-0.3, -0.25) is 4.79 Å². The average Bonchev–Trinajstić information content (AvgIpc) is 1.81. The molecule has 0 fully saturated rings. The number of nitrogens with zero attached hydrogens (tertiary/aromatic N) is 1. The van der Waals surface area contributed by atoms with Crippen LogP contribution in [0.25, 0.3) is 0 Å². The minimum Gasteiger partial charge on any atom is -0.481 e. The van der Waals surface area contributed by atoms with Crippen LogP contribution in [0.3, 0.4) is 0 Å². The predicted molar refractivity (Wildman–Crippen MR) is 50.6 cm³/mol. The largest absolute Gasteiger partial charge is 0.481 e. The molecule has 1 atom stereocenters. The average molecular weight is 189 g/mol. The van der Waals surface area contributed by atoms with E-state index < -0.39 is 17.5 Å². The molecule has 4 heteroatoms. The molecule has 0 radical (unpaired) electrons. The molecular weight excluding hydrogens is 170 g/mol. The Kier molecular flexibility index (Phi) is 4.36. The van der Waals surface area contributed by atoms with Gasteiger partial charge in [0.2, 0.25) is 0 Å². The highest BCUT2D eigenvalue weighted by Crippen LogP contribution is 2.05. The third-order valence-electron chi connectivity index (χ3n) is 1.66. The number of carboxylic acids is 1. The fourth-order valence-corrected chi connectivity index (χ4v) is 1.27. The van der Waals surface area contributed by atoms with Crippen molar-refractivity contribution < 1.29 is 15.0 Å². The summed E-state index contributed by atoms with van der Waals surface area (Å²) in [6, 6.07) is 0. The highest BCUT2D eigenvalue weighted by molar-refractivity contribution is 5.69. The number of hydrogen-bond donors (Lipinski definition) is 2. The molecule has 4 nitrogen and oxygen atoms in total. The highest BCUT2D eigenvalue weighted by Gasteiger charge is 2.19. The first kappa shape index (κ1) is 12.4. The number of hydrogen-bond acceptors (Lipinski definition) is 3. The van der Waals surface area contributed by atoms with Crippen molar-refractivity contribution >= 4 is 5.97 Å². The maximum Gasteiger partial charge on any atom is 0.307 e. The third kappa shape index (κ3) is 6.54. The molecule has 0 aliphatic carbocycles. The van der Waals surface area contributed by atoms with Crippen LogP contribution in [0.2, 0.25) is 0 Å². The molecule has 0 spiro atoms. The molecule has 0 aliphatic rings. The van der Waals surface area contributed by atoms with E-state index in [4.69, 9.17) is 5.11 Å². The lowest BCUT2D eigenvalue weighted by molar-refractivity contribution is -0.141. The molecule has 1 unspecified atom stereocenters. The second kappa shape index (κ2) is 4.58. The van der Waals surface area contributed by atoms with Crippen molar-refractivity contribution in [2.24, 2.45) is 5.92 Å². The van der Waals surface area contributed by atoms with Gasteiger partial charge in [0.15, 0.2) is 0 Å². The van der Waals surface area contributed by atoms with Crippen molar-refractivity contribution in [1.29, 1.82) is 0 Å². The molecule has 2 N–H and O–H groups in total. The van der Waals surface area contributed by atoms with Gasteiger partial charge in [0, 0.05) is 13.1 Å². The van der Waals surface area contributed by atoms with Gasteiger partial charge < -0.3 is 15.1 Å². The first-order valence-corrected chi connectivity index (χ1v) is 4.36. The quantitative estimate of drug-likeness (QED) is 0.657. The van der Waals surface area contributed by atoms with Gasteiger partial charge in [-0.1, -0.05) is 6.92 Å². The van der Waals surface area contributed by atoms with E-state index in [1.54, 1.807) is 27.8 Å². The van der Waals surface area contributed by atoms with Crippen molar-refractivity contribution in [3.05, 3.63) is 0 Å². The minimum absolute atomic E-state index is 0.396. The summed E-state index contributed by atoms with van der Waals surface area (Å²) >= 11 is 0. The Labute approximate surface area is 79.2 Å². The lowest BCUT2D eigenvalue weighted by Gasteiger charge is -2.26. The summed E-state index contributed by atoms with van der Waals surface area (Å²) in [5.74, 6) is -1.20. The first-order chi connectivity index (χ1) is 5.72. The number of likely N-dealkylation sites (N-methyl/N-ethyl adjacent to an activating group) is 1. The molecule has 0 aliphatic heterocycles. The fourth-order valence-electron chi connectivity index (χ4n) is 1.27. The van der Waals surface area contributed by atoms with Crippen molar-refractivity contribution in [3.63, 3.8) is 0 Å². The molecule has 78 valence electrons. The van der Waals surface area contributed by atoms with Crippen LogP contribution in [0.1, 0.15) is 20.8 Å². The standard InChI is InChI=1S/C9H19NO3/c1-7(8(11)12)5-10(4)6-9(2,3)13/h7,13H,5-6H2,1-4H3,(H,11,12). The van der Waals surface area contributed by atoms with Crippen LogP contribution in [0.15, 0.2) is 0 Å². The summed E-state index contributed by atoms with van der Waals surface area (Å²) in [6.07, 6.45) is 0. The number of aliphatic carboxylic acids is 1. The summed E-state index contributed by atoms with van der Waals surface area (Å²) in [7, 11) is 1.80. The van der Waals surface area contributed by atoms with Crippen molar-refractivity contribution in [1.82, 2.24) is 4.90 Å². The van der Waals surface area contributed by atoms with Gasteiger partial charge in [-0.05, 0) is 20.9 Å². The van der Waals surface area contributed by atoms with Crippen molar-refractivity contribution in [3.8, 4) is 0 Å². The number of aliphatic hydroxyl groups is 1. The Balaban J connectivity index is 3.88. The van der Waals surface area contributed by atoms with Gasteiger partial charge in [-0.15, -0.1) is 0 Å². The van der Waals surface area contributed by atoms with E-state index in [1.165, 1.54) is 0 Å². The molecule has 0 aromatic carbocycles. The first-order valence-electron chi connectivity index (χ1n) is 4.36. The zero-order valence-corrected chi connectivity index (χ0v) is 8.74. The molecule has 0 aromatic heterocycles. The Morgan fingerprint density at radius 2 is 2.00 bits per heavy atom. The summed E-state index contributed by atoms with van der Waals surface area (Å²) in [5.41, 5.74) is -0.771. The molecule has 0 aromatic rings. The molecule has 0 amide bonds. The second-order valence-corrected chi connectivity index (χ2v) is 4.25.